The zero-order valence-corrected chi connectivity index (χ0v) is 22.4. The number of carbonyl (C=O) groups is 2. The number of hydrogen-bond donors (Lipinski definition) is 1. The zero-order valence-electron chi connectivity index (χ0n) is 19.2. The number of methoxy groups -OCH3 is 1. The lowest BCUT2D eigenvalue weighted by molar-refractivity contribution is -0.121. The largest absolute Gasteiger partial charge is 0.493 e. The highest BCUT2D eigenvalue weighted by atomic mass is 79.9. The van der Waals surface area contributed by atoms with Crippen molar-refractivity contribution >= 4 is 68.1 Å². The van der Waals surface area contributed by atoms with Crippen LogP contribution < -0.4 is 9.47 Å². The molecule has 3 aromatic rings. The smallest absolute Gasteiger partial charge is 0.335 e. The summed E-state index contributed by atoms with van der Waals surface area (Å²) >= 11 is 10.8. The fourth-order valence-electron chi connectivity index (χ4n) is 3.34. The summed E-state index contributed by atoms with van der Waals surface area (Å²) in [6, 6.07) is 17.2. The number of aliphatic imine (C=N–C) groups is 1. The van der Waals surface area contributed by atoms with Crippen molar-refractivity contribution in [3.63, 3.8) is 0 Å². The minimum Gasteiger partial charge on any atom is -0.493 e. The van der Waals surface area contributed by atoms with Crippen molar-refractivity contribution in [3.05, 3.63) is 91.8 Å². The summed E-state index contributed by atoms with van der Waals surface area (Å²) < 4.78 is 12.2. The van der Waals surface area contributed by atoms with Gasteiger partial charge in [0.2, 0.25) is 0 Å². The fraction of sp³-hybridized carbons (Fsp3) is 0.115. The van der Waals surface area contributed by atoms with Crippen LogP contribution in [0.1, 0.15) is 21.5 Å². The molecule has 3 aromatic carbocycles. The minimum absolute atomic E-state index is 0.169. The molecule has 0 aliphatic carbocycles. The van der Waals surface area contributed by atoms with Crippen LogP contribution in [-0.2, 0) is 11.4 Å². The topological polar surface area (TPSA) is 88.4 Å². The van der Waals surface area contributed by atoms with Crippen LogP contribution in [-0.4, -0.2) is 41.2 Å². The van der Waals surface area contributed by atoms with Crippen LogP contribution in [0.2, 0.25) is 5.02 Å². The van der Waals surface area contributed by atoms with Crippen LogP contribution in [0.25, 0.3) is 6.08 Å². The molecule has 36 heavy (non-hydrogen) atoms. The third kappa shape index (κ3) is 5.92. The first-order valence-corrected chi connectivity index (χ1v) is 12.6. The number of carbonyl (C=O) groups excluding carboxylic acids is 1. The van der Waals surface area contributed by atoms with Crippen molar-refractivity contribution < 1.29 is 24.2 Å². The number of ether oxygens (including phenoxy) is 2. The number of benzene rings is 3. The SMILES string of the molecule is COc1cc(/C=C2\SC(=Nc3ccc(C(=O)O)cc3)N(C)C2=O)cc(Br)c1OCc1cccc(Cl)c1. The van der Waals surface area contributed by atoms with E-state index in [0.717, 1.165) is 11.1 Å². The van der Waals surface area contributed by atoms with E-state index in [1.807, 2.05) is 24.3 Å². The second-order valence-electron chi connectivity index (χ2n) is 7.67. The van der Waals surface area contributed by atoms with Crippen LogP contribution in [0.4, 0.5) is 5.69 Å². The normalized spacial score (nSPS) is 15.6. The van der Waals surface area contributed by atoms with E-state index < -0.39 is 5.97 Å². The van der Waals surface area contributed by atoms with Crippen molar-refractivity contribution in [1.82, 2.24) is 4.90 Å². The Morgan fingerprint density at radius 3 is 2.61 bits per heavy atom. The van der Waals surface area contributed by atoms with Crippen LogP contribution >= 0.6 is 39.3 Å². The number of amides is 1. The average Bonchev–Trinajstić information content (AvgIpc) is 3.11. The van der Waals surface area contributed by atoms with Crippen molar-refractivity contribution in [2.75, 3.05) is 14.2 Å². The van der Waals surface area contributed by atoms with Gasteiger partial charge in [-0.3, -0.25) is 9.69 Å². The van der Waals surface area contributed by atoms with Crippen molar-refractivity contribution in [2.45, 2.75) is 6.61 Å². The molecule has 10 heteroatoms. The maximum atomic E-state index is 12.8. The van der Waals surface area contributed by atoms with E-state index in [1.165, 1.54) is 28.8 Å². The summed E-state index contributed by atoms with van der Waals surface area (Å²) in [7, 11) is 3.19. The monoisotopic (exact) mass is 586 g/mol. The second kappa shape index (κ2) is 11.2. The van der Waals surface area contributed by atoms with Crippen LogP contribution in [0, 0.1) is 0 Å². The second-order valence-corrected chi connectivity index (χ2v) is 9.97. The summed E-state index contributed by atoms with van der Waals surface area (Å²) in [6.45, 7) is 0.308. The third-order valence-electron chi connectivity index (χ3n) is 5.16. The van der Waals surface area contributed by atoms with E-state index in [-0.39, 0.29) is 11.5 Å². The Kier molecular flexibility index (Phi) is 8.03. The molecule has 0 atom stereocenters. The molecule has 4 rings (SSSR count). The number of aromatic carboxylic acids is 1. The van der Waals surface area contributed by atoms with Crippen molar-refractivity contribution in [1.29, 1.82) is 0 Å². The molecule has 1 heterocycles. The van der Waals surface area contributed by atoms with E-state index in [9.17, 15) is 9.59 Å². The van der Waals surface area contributed by atoms with Gasteiger partial charge in [-0.15, -0.1) is 0 Å². The number of hydrogen-bond acceptors (Lipinski definition) is 6. The van der Waals surface area contributed by atoms with Gasteiger partial charge >= 0.3 is 5.97 Å². The maximum Gasteiger partial charge on any atom is 0.335 e. The summed E-state index contributed by atoms with van der Waals surface area (Å²) in [5.74, 6) is -0.162. The van der Waals surface area contributed by atoms with Gasteiger partial charge in [-0.05, 0) is 93.4 Å². The lowest BCUT2D eigenvalue weighted by atomic mass is 10.1. The number of nitrogens with zero attached hydrogens (tertiary/aromatic N) is 2. The van der Waals surface area contributed by atoms with Gasteiger partial charge in [0.1, 0.15) is 6.61 Å². The zero-order chi connectivity index (χ0) is 25.8. The van der Waals surface area contributed by atoms with Gasteiger partial charge in [0, 0.05) is 12.1 Å². The van der Waals surface area contributed by atoms with E-state index in [2.05, 4.69) is 20.9 Å². The molecule has 0 saturated carbocycles. The molecule has 1 saturated heterocycles. The summed E-state index contributed by atoms with van der Waals surface area (Å²) in [5, 5.41) is 10.2. The predicted molar refractivity (Wildman–Crippen MR) is 145 cm³/mol. The van der Waals surface area contributed by atoms with Crippen molar-refractivity contribution in [3.8, 4) is 11.5 Å². The Balaban J connectivity index is 1.55. The molecule has 1 fully saturated rings. The van der Waals surface area contributed by atoms with E-state index >= 15 is 0 Å². The number of likely N-dealkylation sites (N-methyl/N-ethyl adjacent to an activating group) is 1. The highest BCUT2D eigenvalue weighted by Crippen LogP contribution is 2.39. The molecule has 1 aliphatic rings. The molecule has 1 N–H and O–H groups in total. The Bertz CT molecular complexity index is 1390. The molecule has 0 spiro atoms. The Labute approximate surface area is 225 Å². The van der Waals surface area contributed by atoms with Gasteiger partial charge in [0.15, 0.2) is 16.7 Å². The number of rotatable bonds is 7. The molecule has 0 unspecified atom stereocenters. The number of amidine groups is 1. The Hall–Kier alpha value is -3.27. The van der Waals surface area contributed by atoms with Gasteiger partial charge in [-0.1, -0.05) is 23.7 Å². The van der Waals surface area contributed by atoms with Crippen LogP contribution in [0.5, 0.6) is 11.5 Å². The number of halogens is 2. The van der Waals surface area contributed by atoms with Gasteiger partial charge in [0.05, 0.1) is 27.7 Å². The molecule has 7 nitrogen and oxygen atoms in total. The third-order valence-corrected chi connectivity index (χ3v) is 7.05. The quantitative estimate of drug-likeness (QED) is 0.313. The molecular formula is C26H20BrClN2O5S. The molecular weight excluding hydrogens is 568 g/mol. The molecule has 184 valence electrons. The predicted octanol–water partition coefficient (Wildman–Crippen LogP) is 6.62. The average molecular weight is 588 g/mol. The van der Waals surface area contributed by atoms with Crippen LogP contribution in [0.15, 0.2) is 75.0 Å². The standard InChI is InChI=1S/C26H20BrClN2O5S/c1-30-24(31)22(36-26(30)29-19-8-6-17(7-9-19)25(32)33)13-16-11-20(27)23(21(12-16)34-2)35-14-15-4-3-5-18(28)10-15/h3-13H,14H2,1-2H3,(H,32,33)/b22-13-,29-26?. The van der Waals surface area contributed by atoms with E-state index in [0.29, 0.717) is 43.4 Å². The number of carboxylic acids is 1. The first-order valence-electron chi connectivity index (χ1n) is 10.6. The first-order chi connectivity index (χ1) is 17.2. The van der Waals surface area contributed by atoms with Gasteiger partial charge in [0.25, 0.3) is 5.91 Å². The lowest BCUT2D eigenvalue weighted by Gasteiger charge is -2.14. The Morgan fingerprint density at radius 1 is 1.19 bits per heavy atom. The molecule has 1 aliphatic heterocycles. The maximum absolute atomic E-state index is 12.8. The van der Waals surface area contributed by atoms with Crippen LogP contribution in [0.3, 0.4) is 0 Å². The molecule has 0 radical (unpaired) electrons. The molecule has 0 aromatic heterocycles. The highest BCUT2D eigenvalue weighted by molar-refractivity contribution is 9.10. The first kappa shape index (κ1) is 25.8. The van der Waals surface area contributed by atoms with E-state index in [1.54, 1.807) is 44.5 Å². The molecule has 0 bridgehead atoms. The highest BCUT2D eigenvalue weighted by Gasteiger charge is 2.30. The number of thioether (sulfide) groups is 1. The van der Waals surface area contributed by atoms with Gasteiger partial charge in [-0.25, -0.2) is 9.79 Å². The number of carboxylic acid groups (broad SMARTS) is 1. The van der Waals surface area contributed by atoms with Gasteiger partial charge < -0.3 is 14.6 Å². The summed E-state index contributed by atoms with van der Waals surface area (Å²) in [4.78, 5) is 30.3. The summed E-state index contributed by atoms with van der Waals surface area (Å²) in [6.07, 6.45) is 1.76. The minimum atomic E-state index is -1.01. The van der Waals surface area contributed by atoms with Crippen molar-refractivity contribution in [2.24, 2.45) is 4.99 Å². The fourth-order valence-corrected chi connectivity index (χ4v) is 5.11. The van der Waals surface area contributed by atoms with E-state index in [4.69, 9.17) is 26.2 Å². The Morgan fingerprint density at radius 2 is 1.94 bits per heavy atom. The summed E-state index contributed by atoms with van der Waals surface area (Å²) in [5.41, 5.74) is 2.38. The van der Waals surface area contributed by atoms with Gasteiger partial charge in [-0.2, -0.15) is 0 Å². The lowest BCUT2D eigenvalue weighted by Crippen LogP contribution is -2.23. The molecule has 1 amide bonds.